The van der Waals surface area contributed by atoms with E-state index < -0.39 is 0 Å². The molecule has 4 unspecified atom stereocenters. The van der Waals surface area contributed by atoms with Gasteiger partial charge in [-0.25, -0.2) is 0 Å². The summed E-state index contributed by atoms with van der Waals surface area (Å²) in [4.78, 5) is 0. The fourth-order valence-electron chi connectivity index (χ4n) is 5.87. The minimum atomic E-state index is 0.942. The van der Waals surface area contributed by atoms with Crippen molar-refractivity contribution in [1.29, 1.82) is 0 Å². The molecule has 1 aromatic rings. The lowest BCUT2D eigenvalue weighted by Crippen LogP contribution is -2.29. The average molecular weight is 367 g/mol. The van der Waals surface area contributed by atoms with Crippen LogP contribution in [0.25, 0.3) is 5.57 Å². The summed E-state index contributed by atoms with van der Waals surface area (Å²) in [6, 6.07) is 9.50. The molecule has 1 saturated carbocycles. The zero-order valence-corrected chi connectivity index (χ0v) is 18.2. The first kappa shape index (κ1) is 20.7. The molecule has 0 aliphatic heterocycles. The van der Waals surface area contributed by atoms with Crippen molar-refractivity contribution in [2.24, 2.45) is 23.7 Å². The molecule has 2 aliphatic rings. The number of hydrogen-bond acceptors (Lipinski definition) is 0. The highest BCUT2D eigenvalue weighted by Crippen LogP contribution is 2.44. The zero-order chi connectivity index (χ0) is 19.1. The van der Waals surface area contributed by atoms with Gasteiger partial charge < -0.3 is 0 Å². The van der Waals surface area contributed by atoms with E-state index in [9.17, 15) is 0 Å². The maximum absolute atomic E-state index is 2.59. The van der Waals surface area contributed by atoms with Gasteiger partial charge in [-0.2, -0.15) is 0 Å². The molecule has 0 nitrogen and oxygen atoms in total. The Balaban J connectivity index is 1.52. The highest BCUT2D eigenvalue weighted by molar-refractivity contribution is 5.66. The molecule has 0 aromatic heterocycles. The molecule has 0 bridgehead atoms. The van der Waals surface area contributed by atoms with Crippen molar-refractivity contribution in [2.75, 3.05) is 0 Å². The summed E-state index contributed by atoms with van der Waals surface area (Å²) in [5.74, 6) is 3.89. The van der Waals surface area contributed by atoms with Crippen molar-refractivity contribution in [1.82, 2.24) is 0 Å². The van der Waals surface area contributed by atoms with Gasteiger partial charge in [0.05, 0.1) is 0 Å². The topological polar surface area (TPSA) is 0 Å². The van der Waals surface area contributed by atoms with Crippen LogP contribution in [-0.2, 0) is 6.42 Å². The first-order valence-corrected chi connectivity index (χ1v) is 12.0. The quantitative estimate of drug-likeness (QED) is 0.405. The van der Waals surface area contributed by atoms with Gasteiger partial charge in [0.15, 0.2) is 0 Å². The maximum Gasteiger partial charge on any atom is -0.0228 e. The second-order valence-corrected chi connectivity index (χ2v) is 9.53. The number of hydrogen-bond donors (Lipinski definition) is 0. The lowest BCUT2D eigenvalue weighted by molar-refractivity contribution is 0.124. The summed E-state index contributed by atoms with van der Waals surface area (Å²) < 4.78 is 0. The Morgan fingerprint density at radius 3 is 2.37 bits per heavy atom. The Bertz CT molecular complexity index is 579. The monoisotopic (exact) mass is 366 g/mol. The standard InChI is InChI=1S/C27H42/c1-4-6-7-9-22-10-13-24(14-11-22)25-15-17-26(18-16-25)27-19-12-23(8-5-2)20-21(27)3/h10-11,13-15,21,23,26-27H,4-9,12,16-20H2,1-3H3. The molecule has 0 radical (unpaired) electrons. The van der Waals surface area contributed by atoms with Crippen LogP contribution in [0, 0.1) is 23.7 Å². The lowest BCUT2D eigenvalue weighted by Gasteiger charge is -2.40. The van der Waals surface area contributed by atoms with Gasteiger partial charge in [-0.15, -0.1) is 0 Å². The van der Waals surface area contributed by atoms with Crippen LogP contribution >= 0.6 is 0 Å². The van der Waals surface area contributed by atoms with Crippen LogP contribution in [0.3, 0.4) is 0 Å². The maximum atomic E-state index is 2.59. The van der Waals surface area contributed by atoms with Crippen molar-refractivity contribution < 1.29 is 0 Å². The summed E-state index contributed by atoms with van der Waals surface area (Å²) in [6.07, 6.45) is 19.2. The fourth-order valence-corrected chi connectivity index (χ4v) is 5.87. The summed E-state index contributed by atoms with van der Waals surface area (Å²) in [5, 5.41) is 0. The molecule has 0 amide bonds. The molecule has 0 saturated heterocycles. The van der Waals surface area contributed by atoms with Crippen molar-refractivity contribution in [3.63, 3.8) is 0 Å². The van der Waals surface area contributed by atoms with Crippen LogP contribution in [0.5, 0.6) is 0 Å². The molecule has 0 heterocycles. The predicted molar refractivity (Wildman–Crippen MR) is 120 cm³/mol. The van der Waals surface area contributed by atoms with Crippen LogP contribution < -0.4 is 0 Å². The highest BCUT2D eigenvalue weighted by Gasteiger charge is 2.33. The van der Waals surface area contributed by atoms with Crippen LogP contribution in [-0.4, -0.2) is 0 Å². The number of unbranched alkanes of at least 4 members (excludes halogenated alkanes) is 2. The van der Waals surface area contributed by atoms with Gasteiger partial charge in [-0.3, -0.25) is 0 Å². The minimum absolute atomic E-state index is 0.942. The fraction of sp³-hybridized carbons (Fsp3) is 0.704. The van der Waals surface area contributed by atoms with Crippen molar-refractivity contribution in [2.45, 2.75) is 97.8 Å². The van der Waals surface area contributed by atoms with E-state index in [0.717, 1.165) is 23.7 Å². The van der Waals surface area contributed by atoms with E-state index in [1.54, 1.807) is 5.57 Å². The van der Waals surface area contributed by atoms with Gasteiger partial charge >= 0.3 is 0 Å². The molecule has 1 fully saturated rings. The van der Waals surface area contributed by atoms with Crippen LogP contribution in [0.1, 0.15) is 103 Å². The van der Waals surface area contributed by atoms with E-state index in [2.05, 4.69) is 51.1 Å². The first-order chi connectivity index (χ1) is 13.2. The number of aryl methyl sites for hydroxylation is 1. The molecule has 3 rings (SSSR count). The van der Waals surface area contributed by atoms with Gasteiger partial charge in [0.2, 0.25) is 0 Å². The molecule has 27 heavy (non-hydrogen) atoms. The Morgan fingerprint density at radius 2 is 1.74 bits per heavy atom. The number of allylic oxidation sites excluding steroid dienone is 2. The Kier molecular flexibility index (Phi) is 8.04. The number of rotatable bonds is 8. The Hall–Kier alpha value is -1.04. The minimum Gasteiger partial charge on any atom is -0.0804 e. The summed E-state index contributed by atoms with van der Waals surface area (Å²) in [7, 11) is 0. The molecule has 150 valence electrons. The number of benzene rings is 1. The average Bonchev–Trinajstić information content (AvgIpc) is 2.69. The van der Waals surface area contributed by atoms with E-state index in [-0.39, 0.29) is 0 Å². The predicted octanol–water partition coefficient (Wildman–Crippen LogP) is 8.46. The molecular weight excluding hydrogens is 324 g/mol. The van der Waals surface area contributed by atoms with Crippen molar-refractivity contribution in [3.05, 3.63) is 41.5 Å². The molecule has 2 aliphatic carbocycles. The summed E-state index contributed by atoms with van der Waals surface area (Å²) in [5.41, 5.74) is 4.60. The molecule has 0 heteroatoms. The van der Waals surface area contributed by atoms with E-state index in [0.29, 0.717) is 0 Å². The van der Waals surface area contributed by atoms with Gasteiger partial charge in [-0.1, -0.05) is 83.2 Å². The highest BCUT2D eigenvalue weighted by atomic mass is 14.4. The zero-order valence-electron chi connectivity index (χ0n) is 18.2. The van der Waals surface area contributed by atoms with Crippen LogP contribution in [0.4, 0.5) is 0 Å². The van der Waals surface area contributed by atoms with E-state index >= 15 is 0 Å². The first-order valence-electron chi connectivity index (χ1n) is 12.0. The molecule has 4 atom stereocenters. The SMILES string of the molecule is CCCCCc1ccc(C2=CCC(C3CCC(CCC)CC3C)CC2)cc1. The second-order valence-electron chi connectivity index (χ2n) is 9.53. The third-order valence-corrected chi connectivity index (χ3v) is 7.49. The van der Waals surface area contributed by atoms with Crippen LogP contribution in [0.2, 0.25) is 0 Å². The summed E-state index contributed by atoms with van der Waals surface area (Å²) in [6.45, 7) is 7.18. The second kappa shape index (κ2) is 10.5. The normalized spacial score (nSPS) is 28.8. The Morgan fingerprint density at radius 1 is 0.926 bits per heavy atom. The molecule has 0 N–H and O–H groups in total. The third-order valence-electron chi connectivity index (χ3n) is 7.49. The van der Waals surface area contributed by atoms with Gasteiger partial charge in [0.1, 0.15) is 0 Å². The van der Waals surface area contributed by atoms with E-state index in [1.165, 1.54) is 88.2 Å². The molecule has 0 spiro atoms. The smallest absolute Gasteiger partial charge is 0.0228 e. The third kappa shape index (κ3) is 5.72. The van der Waals surface area contributed by atoms with Gasteiger partial charge in [-0.05, 0) is 85.3 Å². The lowest BCUT2D eigenvalue weighted by atomic mass is 9.65. The largest absolute Gasteiger partial charge is 0.0804 e. The summed E-state index contributed by atoms with van der Waals surface area (Å²) >= 11 is 0. The molecular formula is C27H42. The van der Waals surface area contributed by atoms with Gasteiger partial charge in [0, 0.05) is 0 Å². The van der Waals surface area contributed by atoms with Crippen molar-refractivity contribution in [3.8, 4) is 0 Å². The van der Waals surface area contributed by atoms with Crippen molar-refractivity contribution >= 4 is 5.57 Å². The van der Waals surface area contributed by atoms with Gasteiger partial charge in [0.25, 0.3) is 0 Å². The van der Waals surface area contributed by atoms with E-state index in [1.807, 2.05) is 0 Å². The van der Waals surface area contributed by atoms with Crippen LogP contribution in [0.15, 0.2) is 30.3 Å². The Labute approximate surface area is 168 Å². The van der Waals surface area contributed by atoms with E-state index in [4.69, 9.17) is 0 Å². The molecule has 1 aromatic carbocycles.